The zero-order valence-corrected chi connectivity index (χ0v) is 32.9. The Kier molecular flexibility index (Phi) is 14.4. The first-order chi connectivity index (χ1) is 21.0. The first kappa shape index (κ1) is 40.6. The van der Waals surface area contributed by atoms with Crippen molar-refractivity contribution in [3.05, 3.63) is 149 Å². The molecule has 3 heteroatoms. The van der Waals surface area contributed by atoms with Crippen LogP contribution in [0, 0.1) is 17.4 Å². The Balaban J connectivity index is 0.000000258. The van der Waals surface area contributed by atoms with Crippen molar-refractivity contribution in [2.24, 2.45) is 11.3 Å². The average Bonchev–Trinajstić information content (AvgIpc) is 3.60. The van der Waals surface area contributed by atoms with Gasteiger partial charge in [-0.1, -0.05) is 116 Å². The van der Waals surface area contributed by atoms with Gasteiger partial charge in [-0.05, 0) is 10.8 Å². The summed E-state index contributed by atoms with van der Waals surface area (Å²) in [5.41, 5.74) is 7.50. The molecule has 0 heterocycles. The third kappa shape index (κ3) is 11.0. The summed E-state index contributed by atoms with van der Waals surface area (Å²) in [6.07, 6.45) is 7.65. The van der Waals surface area contributed by atoms with Gasteiger partial charge in [0.1, 0.15) is 0 Å². The monoisotopic (exact) mass is 696 g/mol. The molecule has 6 rings (SSSR count). The Morgan fingerprint density at radius 1 is 0.596 bits per heavy atom. The van der Waals surface area contributed by atoms with Crippen LogP contribution in [0.3, 0.4) is 0 Å². The van der Waals surface area contributed by atoms with E-state index in [2.05, 4.69) is 198 Å². The van der Waals surface area contributed by atoms with Gasteiger partial charge >= 0.3 is 95.6 Å². The Bertz CT molecular complexity index is 1690. The summed E-state index contributed by atoms with van der Waals surface area (Å²) < 4.78 is 1.33. The van der Waals surface area contributed by atoms with Gasteiger partial charge in [0.25, 0.3) is 0 Å². The van der Waals surface area contributed by atoms with Crippen molar-refractivity contribution in [3.63, 3.8) is 0 Å². The van der Waals surface area contributed by atoms with E-state index < -0.39 is 0 Å². The van der Waals surface area contributed by atoms with Crippen molar-refractivity contribution in [2.45, 2.75) is 80.1 Å². The molecule has 5 aromatic rings. The van der Waals surface area contributed by atoms with Crippen molar-refractivity contribution < 1.29 is 44.8 Å². The molecule has 1 atom stereocenters. The minimum absolute atomic E-state index is 0. The van der Waals surface area contributed by atoms with E-state index >= 15 is 0 Å². The van der Waals surface area contributed by atoms with E-state index in [0.717, 1.165) is 0 Å². The third-order valence-corrected chi connectivity index (χ3v) is 9.26. The van der Waals surface area contributed by atoms with E-state index in [4.69, 9.17) is 0 Å². The van der Waals surface area contributed by atoms with Gasteiger partial charge in [0, 0.05) is 0 Å². The first-order valence-corrected chi connectivity index (χ1v) is 17.0. The quantitative estimate of drug-likeness (QED) is 0.155. The molecule has 246 valence electrons. The molecule has 0 nitrogen and oxygen atoms in total. The van der Waals surface area contributed by atoms with Crippen molar-refractivity contribution in [3.8, 4) is 0 Å². The fourth-order valence-electron chi connectivity index (χ4n) is 5.36. The summed E-state index contributed by atoms with van der Waals surface area (Å²) in [5.74, 6) is 0.522. The first-order valence-electron chi connectivity index (χ1n) is 16.2. The van der Waals surface area contributed by atoms with Crippen molar-refractivity contribution in [2.75, 3.05) is 0 Å². The van der Waals surface area contributed by atoms with E-state index in [9.17, 15) is 0 Å². The van der Waals surface area contributed by atoms with Crippen LogP contribution >= 0.6 is 0 Å². The number of halogens is 2. The van der Waals surface area contributed by atoms with Crippen molar-refractivity contribution >= 4 is 25.4 Å². The van der Waals surface area contributed by atoms with Gasteiger partial charge in [-0.15, -0.1) is 39.7 Å². The fraction of sp³-hybridized carbons (Fsp3) is 0.318. The average molecular weight is 698 g/mol. The Hall–Kier alpha value is -2.61. The van der Waals surface area contributed by atoms with Crippen LogP contribution in [0.4, 0.5) is 0 Å². The predicted molar refractivity (Wildman–Crippen MR) is 195 cm³/mol. The van der Waals surface area contributed by atoms with E-state index in [0.29, 0.717) is 11.3 Å². The van der Waals surface area contributed by atoms with Gasteiger partial charge in [0.15, 0.2) is 0 Å². The second-order valence-electron chi connectivity index (χ2n) is 15.3. The Morgan fingerprint density at radius 2 is 1.00 bits per heavy atom. The van der Waals surface area contributed by atoms with Crippen LogP contribution in [0.1, 0.15) is 91.5 Å². The molecule has 0 spiro atoms. The topological polar surface area (TPSA) is 0 Å². The van der Waals surface area contributed by atoms with Crippen LogP contribution in [0.5, 0.6) is 0 Å². The molecule has 5 aromatic carbocycles. The molecule has 0 N–H and O–H groups in total. The third-order valence-electron chi connectivity index (χ3n) is 8.36. The summed E-state index contributed by atoms with van der Waals surface area (Å²) in [4.78, 5) is 0. The number of hydrogen-bond donors (Lipinski definition) is 0. The zero-order valence-electron chi connectivity index (χ0n) is 29.8. The van der Waals surface area contributed by atoms with Crippen LogP contribution in [-0.2, 0) is 30.8 Å². The maximum atomic E-state index is 3.26. The molecule has 1 aliphatic carbocycles. The number of hydrogen-bond acceptors (Lipinski definition) is 0. The van der Waals surface area contributed by atoms with Gasteiger partial charge in [-0.2, -0.15) is 11.6 Å². The molecule has 0 aromatic heterocycles. The fourth-order valence-corrected chi connectivity index (χ4v) is 5.88. The summed E-state index contributed by atoms with van der Waals surface area (Å²) in [7, 11) is 0. The number of rotatable bonds is 2. The van der Waals surface area contributed by atoms with Crippen LogP contribution < -0.4 is 24.8 Å². The predicted octanol–water partition coefficient (Wildman–Crippen LogP) is 6.09. The molecule has 0 bridgehead atoms. The zero-order chi connectivity index (χ0) is 33.0. The molecular weight excluding hydrogens is 647 g/mol. The van der Waals surface area contributed by atoms with Crippen LogP contribution in [0.15, 0.2) is 121 Å². The standard InChI is InChI=1S/C21H25.C13H10.C10H15.2ClH.Ti/c1-20(2,3)16-9-7-14-11-15-8-10-17(21(4,5)6)13-19(15)18(14)12-16;1-3-7-12(8-4-1)11-13-9-5-2-6-10-13;1-8-5-6-9(7-8)10(2,3)4;;;/h7-13H,1-6H3;1-10H;6-8H,1-4H3;2*1H;/q-1;;-1;;;+2/p-2. The summed E-state index contributed by atoms with van der Waals surface area (Å²) in [6.45, 7) is 22.5. The molecular formula is C44H50Cl2Ti-2. The van der Waals surface area contributed by atoms with E-state index in [1.807, 2.05) is 12.1 Å². The van der Waals surface area contributed by atoms with Gasteiger partial charge in [-0.3, -0.25) is 6.08 Å². The molecule has 0 radical (unpaired) electrons. The molecule has 0 saturated carbocycles. The summed E-state index contributed by atoms with van der Waals surface area (Å²) in [5, 5.41) is 5.49. The van der Waals surface area contributed by atoms with E-state index in [-0.39, 0.29) is 35.6 Å². The van der Waals surface area contributed by atoms with Crippen LogP contribution in [0.2, 0.25) is 0 Å². The van der Waals surface area contributed by atoms with Gasteiger partial charge in [0.05, 0.1) is 0 Å². The number of fused-ring (bicyclic) bond motifs is 3. The molecule has 47 heavy (non-hydrogen) atoms. The summed E-state index contributed by atoms with van der Waals surface area (Å²) in [6, 6.07) is 37.1. The maximum absolute atomic E-state index is 3.26. The van der Waals surface area contributed by atoms with Crippen molar-refractivity contribution in [1.82, 2.24) is 0 Å². The SMILES string of the molecule is CC(C)(C)c1ccc2[cH-]c3ccc(C(C)(C)C)cc3c2c1.CC1[C-]=CC(C(C)(C)C)=C1.[Cl-].[Cl-].[Ti+2]=[C](c1ccccc1)c1ccccc1. The molecule has 0 fully saturated rings. The Labute approximate surface area is 308 Å². The number of allylic oxidation sites excluding steroid dienone is 4. The molecule has 0 aliphatic heterocycles. The van der Waals surface area contributed by atoms with Crippen LogP contribution in [0.25, 0.3) is 21.5 Å². The number of benzene rings is 4. The summed E-state index contributed by atoms with van der Waals surface area (Å²) >= 11 is 2.16. The molecule has 0 amide bonds. The minimum atomic E-state index is 0. The molecule has 0 saturated heterocycles. The van der Waals surface area contributed by atoms with Crippen LogP contribution in [-0.4, -0.2) is 3.81 Å². The molecule has 1 aliphatic rings. The van der Waals surface area contributed by atoms with E-state index in [1.54, 1.807) is 0 Å². The van der Waals surface area contributed by atoms with Gasteiger partial charge < -0.3 is 24.8 Å². The van der Waals surface area contributed by atoms with E-state index in [1.165, 1.54) is 53.2 Å². The normalized spacial score (nSPS) is 14.2. The van der Waals surface area contributed by atoms with Crippen molar-refractivity contribution in [1.29, 1.82) is 0 Å². The second kappa shape index (κ2) is 16.7. The van der Waals surface area contributed by atoms with Gasteiger partial charge in [0.2, 0.25) is 0 Å². The molecule has 1 unspecified atom stereocenters. The Morgan fingerprint density at radius 3 is 1.30 bits per heavy atom. The second-order valence-corrected chi connectivity index (χ2v) is 16.1. The van der Waals surface area contributed by atoms with Gasteiger partial charge in [-0.25, -0.2) is 6.08 Å².